The Kier molecular flexibility index (Phi) is 4.10. The predicted octanol–water partition coefficient (Wildman–Crippen LogP) is 1.93. The topological polar surface area (TPSA) is 80.0 Å². The number of nitrogens with two attached hydrogens (primary N) is 1. The Bertz CT molecular complexity index is 543. The van der Waals surface area contributed by atoms with E-state index in [4.69, 9.17) is 5.84 Å². The lowest BCUT2D eigenvalue weighted by molar-refractivity contribution is 0.889. The van der Waals surface area contributed by atoms with E-state index in [0.29, 0.717) is 5.95 Å². The van der Waals surface area contributed by atoms with Gasteiger partial charge in [-0.3, -0.25) is 5.43 Å². The van der Waals surface area contributed by atoms with Crippen LogP contribution in [0.4, 0.5) is 11.8 Å². The minimum atomic E-state index is 0.390. The molecule has 0 saturated carbocycles. The molecule has 0 spiro atoms. The first-order valence-electron chi connectivity index (χ1n) is 5.21. The summed E-state index contributed by atoms with van der Waals surface area (Å²) in [6, 6.07) is 0. The smallest absolute Gasteiger partial charge is 0.239 e. The van der Waals surface area contributed by atoms with E-state index in [2.05, 4.69) is 36.3 Å². The van der Waals surface area contributed by atoms with Crippen LogP contribution in [0.1, 0.15) is 10.6 Å². The van der Waals surface area contributed by atoms with E-state index < -0.39 is 0 Å². The molecule has 18 heavy (non-hydrogen) atoms. The normalized spacial score (nSPS) is 10.4. The van der Waals surface area contributed by atoms with Crippen LogP contribution in [0.3, 0.4) is 0 Å². The summed E-state index contributed by atoms with van der Waals surface area (Å²) >= 11 is 5.07. The van der Waals surface area contributed by atoms with Crippen molar-refractivity contribution in [1.29, 1.82) is 0 Å². The lowest BCUT2D eigenvalue weighted by Crippen LogP contribution is -2.20. The van der Waals surface area contributed by atoms with Gasteiger partial charge in [0.1, 0.15) is 5.82 Å². The number of hydrogen-bond acceptors (Lipinski definition) is 7. The summed E-state index contributed by atoms with van der Waals surface area (Å²) in [5, 5.41) is 0. The Morgan fingerprint density at radius 3 is 2.89 bits per heavy atom. The van der Waals surface area contributed by atoms with Gasteiger partial charge in [-0.25, -0.2) is 15.8 Å². The first-order valence-corrected chi connectivity index (χ1v) is 6.88. The predicted molar refractivity (Wildman–Crippen MR) is 76.5 cm³/mol. The summed E-state index contributed by atoms with van der Waals surface area (Å²) < 4.78 is 0.825. The minimum absolute atomic E-state index is 0.390. The quantitative estimate of drug-likeness (QED) is 0.659. The Morgan fingerprint density at radius 2 is 2.28 bits per heavy atom. The van der Waals surface area contributed by atoms with Gasteiger partial charge in [0.2, 0.25) is 5.95 Å². The molecule has 96 valence electrons. The van der Waals surface area contributed by atoms with Crippen molar-refractivity contribution < 1.29 is 0 Å². The highest BCUT2D eigenvalue weighted by Gasteiger charge is 2.12. The van der Waals surface area contributed by atoms with Crippen LogP contribution in [0.15, 0.2) is 16.2 Å². The molecule has 8 heteroatoms. The van der Waals surface area contributed by atoms with Crippen LogP contribution in [0.25, 0.3) is 0 Å². The van der Waals surface area contributed by atoms with Crippen molar-refractivity contribution in [3.8, 4) is 0 Å². The van der Waals surface area contributed by atoms with Crippen molar-refractivity contribution in [1.82, 2.24) is 15.0 Å². The first kappa shape index (κ1) is 13.2. The molecule has 0 aliphatic heterocycles. The molecule has 2 heterocycles. The summed E-state index contributed by atoms with van der Waals surface area (Å²) in [5.41, 5.74) is 5.34. The Labute approximate surface area is 117 Å². The maximum atomic E-state index is 5.31. The molecule has 0 unspecified atom stereocenters. The summed E-state index contributed by atoms with van der Waals surface area (Å²) in [4.78, 5) is 15.8. The molecule has 0 radical (unpaired) electrons. The molecule has 2 aromatic rings. The second kappa shape index (κ2) is 5.59. The number of anilines is 2. The number of nitrogens with one attached hydrogen (secondary N) is 1. The van der Waals surface area contributed by atoms with Gasteiger partial charge in [0.25, 0.3) is 0 Å². The van der Waals surface area contributed by atoms with Crippen molar-refractivity contribution in [2.24, 2.45) is 5.84 Å². The standard InChI is InChI=1S/C10H13BrN6S/c1-6-8(18-5-14-6)4-17(2)9-7(11)3-13-10(15-9)16-12/h3,5H,4,12H2,1-2H3,(H,13,15,16). The van der Waals surface area contributed by atoms with E-state index in [1.165, 1.54) is 4.88 Å². The average molecular weight is 329 g/mol. The number of nitrogens with zero attached hydrogens (tertiary/aromatic N) is 4. The number of halogens is 1. The van der Waals surface area contributed by atoms with Crippen LogP contribution < -0.4 is 16.2 Å². The van der Waals surface area contributed by atoms with Gasteiger partial charge in [-0.05, 0) is 22.9 Å². The number of hydrogen-bond donors (Lipinski definition) is 2. The second-order valence-electron chi connectivity index (χ2n) is 3.73. The zero-order chi connectivity index (χ0) is 13.1. The summed E-state index contributed by atoms with van der Waals surface area (Å²) in [5.74, 6) is 6.49. The Hall–Kier alpha value is -1.25. The molecule has 2 aromatic heterocycles. The van der Waals surface area contributed by atoms with Gasteiger partial charge < -0.3 is 4.90 Å². The molecular weight excluding hydrogens is 316 g/mol. The van der Waals surface area contributed by atoms with Gasteiger partial charge >= 0.3 is 0 Å². The number of hydrazine groups is 1. The molecule has 0 amide bonds. The van der Waals surface area contributed by atoms with E-state index in [1.54, 1.807) is 17.5 Å². The van der Waals surface area contributed by atoms with Gasteiger partial charge in [0, 0.05) is 18.1 Å². The number of nitrogen functional groups attached to an aromatic ring is 1. The fraction of sp³-hybridized carbons (Fsp3) is 0.300. The maximum absolute atomic E-state index is 5.31. The van der Waals surface area contributed by atoms with Crippen molar-refractivity contribution in [3.05, 3.63) is 26.8 Å². The van der Waals surface area contributed by atoms with Crippen molar-refractivity contribution >= 4 is 39.0 Å². The van der Waals surface area contributed by atoms with E-state index in [-0.39, 0.29) is 0 Å². The third kappa shape index (κ3) is 2.77. The molecule has 0 aliphatic carbocycles. The van der Waals surface area contributed by atoms with Crippen LogP contribution in [0, 0.1) is 6.92 Å². The third-order valence-corrected chi connectivity index (χ3v) is 3.92. The molecule has 0 fully saturated rings. The maximum Gasteiger partial charge on any atom is 0.239 e. The van der Waals surface area contributed by atoms with Crippen LogP contribution in [0.5, 0.6) is 0 Å². The van der Waals surface area contributed by atoms with Crippen LogP contribution in [-0.4, -0.2) is 22.0 Å². The van der Waals surface area contributed by atoms with Crippen molar-refractivity contribution in [2.75, 3.05) is 17.4 Å². The monoisotopic (exact) mass is 328 g/mol. The molecule has 6 nitrogen and oxygen atoms in total. The number of rotatable bonds is 4. The molecule has 0 saturated heterocycles. The average Bonchev–Trinajstić information content (AvgIpc) is 2.75. The fourth-order valence-corrected chi connectivity index (χ4v) is 2.79. The van der Waals surface area contributed by atoms with E-state index >= 15 is 0 Å². The lowest BCUT2D eigenvalue weighted by Gasteiger charge is -2.19. The van der Waals surface area contributed by atoms with Crippen LogP contribution >= 0.6 is 27.3 Å². The van der Waals surface area contributed by atoms with Crippen LogP contribution in [-0.2, 0) is 6.54 Å². The van der Waals surface area contributed by atoms with E-state index in [1.807, 2.05) is 24.4 Å². The highest BCUT2D eigenvalue weighted by molar-refractivity contribution is 9.10. The van der Waals surface area contributed by atoms with Crippen molar-refractivity contribution in [3.63, 3.8) is 0 Å². The van der Waals surface area contributed by atoms with Crippen LogP contribution in [0.2, 0.25) is 0 Å². The Balaban J connectivity index is 2.23. The molecule has 0 aliphatic rings. The first-order chi connectivity index (χ1) is 8.61. The van der Waals surface area contributed by atoms with Gasteiger partial charge in [-0.1, -0.05) is 0 Å². The number of thiazole rings is 1. The van der Waals surface area contributed by atoms with E-state index in [9.17, 15) is 0 Å². The lowest BCUT2D eigenvalue weighted by atomic mass is 10.3. The zero-order valence-electron chi connectivity index (χ0n) is 10.0. The third-order valence-electron chi connectivity index (χ3n) is 2.44. The minimum Gasteiger partial charge on any atom is -0.353 e. The summed E-state index contributed by atoms with van der Waals surface area (Å²) in [7, 11) is 1.96. The molecule has 2 rings (SSSR count). The molecular formula is C10H13BrN6S. The molecule has 3 N–H and O–H groups in total. The van der Waals surface area contributed by atoms with Gasteiger partial charge in [-0.2, -0.15) is 4.98 Å². The number of aromatic nitrogens is 3. The zero-order valence-corrected chi connectivity index (χ0v) is 12.4. The summed E-state index contributed by atoms with van der Waals surface area (Å²) in [6.45, 7) is 2.75. The second-order valence-corrected chi connectivity index (χ2v) is 5.52. The SMILES string of the molecule is Cc1ncsc1CN(C)c1nc(NN)ncc1Br. The largest absolute Gasteiger partial charge is 0.353 e. The highest BCUT2D eigenvalue weighted by atomic mass is 79.9. The molecule has 0 bridgehead atoms. The van der Waals surface area contributed by atoms with E-state index in [0.717, 1.165) is 22.5 Å². The highest BCUT2D eigenvalue weighted by Crippen LogP contribution is 2.25. The van der Waals surface area contributed by atoms with Crippen molar-refractivity contribution in [2.45, 2.75) is 13.5 Å². The molecule has 0 atom stereocenters. The molecule has 0 aromatic carbocycles. The van der Waals surface area contributed by atoms with Gasteiger partial charge in [0.15, 0.2) is 0 Å². The fourth-order valence-electron chi connectivity index (χ4n) is 1.46. The summed E-state index contributed by atoms with van der Waals surface area (Å²) in [6.07, 6.45) is 1.67. The van der Waals surface area contributed by atoms with Gasteiger partial charge in [0.05, 0.1) is 22.2 Å². The Morgan fingerprint density at radius 1 is 1.50 bits per heavy atom. The van der Waals surface area contributed by atoms with Gasteiger partial charge in [-0.15, -0.1) is 11.3 Å². The number of aryl methyl sites for hydroxylation is 1.